The molecule has 2 aliphatic heterocycles. The third-order valence-corrected chi connectivity index (χ3v) is 8.02. The van der Waals surface area contributed by atoms with Crippen molar-refractivity contribution in [1.82, 2.24) is 9.21 Å². The summed E-state index contributed by atoms with van der Waals surface area (Å²) < 4.78 is 33.3. The molecule has 0 fully saturated rings. The molecular weight excluding hydrogens is 496 g/mol. The van der Waals surface area contributed by atoms with Gasteiger partial charge in [-0.2, -0.15) is 0 Å². The highest BCUT2D eigenvalue weighted by Crippen LogP contribution is 2.38. The average molecular weight is 517 g/mol. The zero-order valence-electron chi connectivity index (χ0n) is 19.6. The minimum absolute atomic E-state index is 0.0298. The van der Waals surface area contributed by atoms with Crippen LogP contribution in [0.25, 0.3) is 5.76 Å². The molecule has 0 saturated heterocycles. The van der Waals surface area contributed by atoms with Gasteiger partial charge in [0, 0.05) is 17.7 Å². The molecule has 9 nitrogen and oxygen atoms in total. The summed E-state index contributed by atoms with van der Waals surface area (Å²) in [7, 11) is -4.14. The van der Waals surface area contributed by atoms with Crippen LogP contribution in [0.15, 0.2) is 89.5 Å². The lowest BCUT2D eigenvalue weighted by atomic mass is 10.0. The lowest BCUT2D eigenvalue weighted by molar-refractivity contribution is -0.137. The number of fused-ring (bicyclic) bond motifs is 2. The van der Waals surface area contributed by atoms with E-state index in [2.05, 4.69) is 0 Å². The maximum Gasteiger partial charge on any atom is 0.331 e. The van der Waals surface area contributed by atoms with Crippen LogP contribution in [0.4, 0.5) is 0 Å². The lowest BCUT2D eigenvalue weighted by Gasteiger charge is -2.32. The number of esters is 1. The topological polar surface area (TPSA) is 118 Å². The monoisotopic (exact) mass is 516 g/mol. The first-order valence-electron chi connectivity index (χ1n) is 11.4. The molecule has 37 heavy (non-hydrogen) atoms. The first-order valence-corrected chi connectivity index (χ1v) is 12.8. The number of benzene rings is 3. The zero-order valence-corrected chi connectivity index (χ0v) is 20.4. The van der Waals surface area contributed by atoms with E-state index in [-0.39, 0.29) is 45.2 Å². The van der Waals surface area contributed by atoms with Crippen LogP contribution in [0, 0.1) is 0 Å². The van der Waals surface area contributed by atoms with E-state index in [1.54, 1.807) is 43.3 Å². The van der Waals surface area contributed by atoms with Crippen LogP contribution in [0.2, 0.25) is 0 Å². The molecule has 0 saturated carbocycles. The number of amides is 2. The first kappa shape index (κ1) is 24.1. The molecular formula is C27H20N2O7S. The van der Waals surface area contributed by atoms with E-state index >= 15 is 0 Å². The van der Waals surface area contributed by atoms with E-state index in [1.165, 1.54) is 42.5 Å². The number of rotatable bonds is 6. The molecule has 10 heteroatoms. The summed E-state index contributed by atoms with van der Waals surface area (Å²) in [6, 6.07) is 20.1. The summed E-state index contributed by atoms with van der Waals surface area (Å²) in [6.45, 7) is 0.732. The largest absolute Gasteiger partial charge is 0.422 e. The molecule has 2 heterocycles. The Bertz CT molecular complexity index is 1580. The van der Waals surface area contributed by atoms with E-state index in [9.17, 15) is 27.6 Å². The Balaban J connectivity index is 1.58. The van der Waals surface area contributed by atoms with Crippen molar-refractivity contribution in [3.05, 3.63) is 107 Å². The second-order valence-corrected chi connectivity index (χ2v) is 10.1. The number of ether oxygens (including phenoxy) is 1. The van der Waals surface area contributed by atoms with Crippen molar-refractivity contribution >= 4 is 39.3 Å². The number of imide groups is 1. The molecule has 0 atom stereocenters. The van der Waals surface area contributed by atoms with Crippen molar-refractivity contribution in [2.24, 2.45) is 0 Å². The number of likely N-dealkylation sites (N-methyl/N-ethyl adjacent to an activating group) is 1. The average Bonchev–Trinajstić information content (AvgIpc) is 3.15. The van der Waals surface area contributed by atoms with Crippen molar-refractivity contribution in [3.63, 3.8) is 0 Å². The van der Waals surface area contributed by atoms with E-state index in [0.29, 0.717) is 0 Å². The Morgan fingerprint density at radius 3 is 1.92 bits per heavy atom. The Hall–Kier alpha value is -4.57. The molecule has 0 bridgehead atoms. The summed E-state index contributed by atoms with van der Waals surface area (Å²) in [4.78, 5) is 52.7. The van der Waals surface area contributed by atoms with Crippen LogP contribution in [-0.4, -0.2) is 54.3 Å². The molecule has 0 aromatic heterocycles. The zero-order chi connectivity index (χ0) is 26.3. The summed E-state index contributed by atoms with van der Waals surface area (Å²) in [5, 5.41) is 0. The second-order valence-electron chi connectivity index (χ2n) is 8.25. The Morgan fingerprint density at radius 2 is 1.32 bits per heavy atom. The minimum atomic E-state index is -4.14. The molecule has 0 spiro atoms. The molecule has 2 amide bonds. The highest BCUT2D eigenvalue weighted by Gasteiger charge is 2.42. The van der Waals surface area contributed by atoms with E-state index in [1.807, 2.05) is 0 Å². The number of hydrogen-bond donors (Lipinski definition) is 0. The van der Waals surface area contributed by atoms with Gasteiger partial charge in [-0.15, -0.1) is 0 Å². The van der Waals surface area contributed by atoms with Gasteiger partial charge >= 0.3 is 5.97 Å². The molecule has 3 aromatic rings. The predicted molar refractivity (Wildman–Crippen MR) is 132 cm³/mol. The summed E-state index contributed by atoms with van der Waals surface area (Å²) in [5.41, 5.74) is 0.237. The van der Waals surface area contributed by atoms with Gasteiger partial charge in [0.05, 0.1) is 16.0 Å². The summed E-state index contributed by atoms with van der Waals surface area (Å²) >= 11 is 0. The fraction of sp³-hybridized carbons (Fsp3) is 0.111. The van der Waals surface area contributed by atoms with Crippen LogP contribution < -0.4 is 0 Å². The number of sulfonamides is 1. The van der Waals surface area contributed by atoms with Gasteiger partial charge in [-0.25, -0.2) is 13.2 Å². The van der Waals surface area contributed by atoms with E-state index < -0.39 is 40.1 Å². The number of carbonyl (C=O) groups is 4. The quantitative estimate of drug-likeness (QED) is 0.281. The van der Waals surface area contributed by atoms with Gasteiger partial charge < -0.3 is 4.74 Å². The molecule has 2 aliphatic rings. The highest BCUT2D eigenvalue weighted by molar-refractivity contribution is 7.89. The van der Waals surface area contributed by atoms with Gasteiger partial charge in [-0.1, -0.05) is 54.6 Å². The van der Waals surface area contributed by atoms with Crippen LogP contribution in [0.5, 0.6) is 0 Å². The number of carbonyl (C=O) groups excluding carboxylic acids is 4. The maximum atomic E-state index is 13.6. The smallest absolute Gasteiger partial charge is 0.331 e. The van der Waals surface area contributed by atoms with Crippen molar-refractivity contribution in [2.75, 3.05) is 13.1 Å². The van der Waals surface area contributed by atoms with Gasteiger partial charge in [-0.05, 0) is 31.2 Å². The highest BCUT2D eigenvalue weighted by atomic mass is 32.2. The van der Waals surface area contributed by atoms with Gasteiger partial charge in [-0.3, -0.25) is 23.6 Å². The van der Waals surface area contributed by atoms with Gasteiger partial charge in [0.15, 0.2) is 5.76 Å². The van der Waals surface area contributed by atoms with Gasteiger partial charge in [0.1, 0.15) is 12.2 Å². The lowest BCUT2D eigenvalue weighted by Crippen LogP contribution is -2.40. The number of hydrogen-bond acceptors (Lipinski definition) is 7. The molecule has 0 unspecified atom stereocenters. The third-order valence-electron chi connectivity index (χ3n) is 6.08. The molecule has 3 aromatic carbocycles. The number of allylic oxidation sites excluding steroid dienone is 1. The standard InChI is InChI=1S/C27H20N2O7S/c1-2-29-23(24(31)17-10-4-3-5-11-17)25(20-14-8-9-15-21(20)37(29,34)35)36-22(30)16-28-26(32)18-12-6-7-13-19(18)27(28)33/h3-15H,2,16H2,1H3. The summed E-state index contributed by atoms with van der Waals surface area (Å²) in [5.74, 6) is -3.22. The Kier molecular flexibility index (Phi) is 5.96. The van der Waals surface area contributed by atoms with Crippen LogP contribution >= 0.6 is 0 Å². The van der Waals surface area contributed by atoms with Crippen LogP contribution in [0.3, 0.4) is 0 Å². The van der Waals surface area contributed by atoms with Crippen molar-refractivity contribution in [3.8, 4) is 0 Å². The molecule has 186 valence electrons. The van der Waals surface area contributed by atoms with Gasteiger partial charge in [0.2, 0.25) is 5.78 Å². The van der Waals surface area contributed by atoms with E-state index in [4.69, 9.17) is 4.74 Å². The Labute approximate surface area is 212 Å². The van der Waals surface area contributed by atoms with Crippen molar-refractivity contribution in [1.29, 1.82) is 0 Å². The van der Waals surface area contributed by atoms with Gasteiger partial charge in [0.25, 0.3) is 21.8 Å². The predicted octanol–water partition coefficient (Wildman–Crippen LogP) is 3.10. The number of Topliss-reactive ketones (excluding diaryl/α,β-unsaturated/α-hetero) is 1. The fourth-order valence-electron chi connectivity index (χ4n) is 4.39. The molecule has 0 aliphatic carbocycles. The van der Waals surface area contributed by atoms with Crippen LogP contribution in [0.1, 0.15) is 43.6 Å². The van der Waals surface area contributed by atoms with Crippen molar-refractivity contribution < 1.29 is 32.3 Å². The maximum absolute atomic E-state index is 13.6. The number of ketones is 1. The molecule has 0 radical (unpaired) electrons. The van der Waals surface area contributed by atoms with Crippen molar-refractivity contribution in [2.45, 2.75) is 11.8 Å². The second kappa shape index (κ2) is 9.14. The van der Waals surface area contributed by atoms with E-state index in [0.717, 1.165) is 9.21 Å². The first-order chi connectivity index (χ1) is 17.8. The minimum Gasteiger partial charge on any atom is -0.422 e. The number of nitrogens with zero attached hydrogens (tertiary/aromatic N) is 2. The molecule has 0 N–H and O–H groups in total. The summed E-state index contributed by atoms with van der Waals surface area (Å²) in [6.07, 6.45) is 0. The molecule has 5 rings (SSSR count). The third kappa shape index (κ3) is 3.91. The normalized spacial score (nSPS) is 15.9. The fourth-order valence-corrected chi connectivity index (χ4v) is 6.06. The van der Waals surface area contributed by atoms with Crippen LogP contribution in [-0.2, 0) is 19.6 Å². The SMILES string of the molecule is CCN1C(C(=O)c2ccccc2)=C(OC(=O)CN2C(=O)c3ccccc3C2=O)c2ccccc2S1(=O)=O. The Morgan fingerprint density at radius 1 is 0.784 bits per heavy atom.